The van der Waals surface area contributed by atoms with E-state index in [0.29, 0.717) is 13.1 Å². The van der Waals surface area contributed by atoms with Crippen molar-refractivity contribution < 1.29 is 19.4 Å². The Hall–Kier alpha value is -1.10. The van der Waals surface area contributed by atoms with Crippen LogP contribution in [0.25, 0.3) is 0 Å². The van der Waals surface area contributed by atoms with Crippen LogP contribution in [0.5, 0.6) is 0 Å². The lowest BCUT2D eigenvalue weighted by Crippen LogP contribution is -2.46. The van der Waals surface area contributed by atoms with Crippen LogP contribution in [0.1, 0.15) is 26.7 Å². The predicted molar refractivity (Wildman–Crippen MR) is 62.6 cm³/mol. The maximum Gasteiger partial charge on any atom is 0.307 e. The number of carbonyl (C=O) groups is 2. The largest absolute Gasteiger partial charge is 0.481 e. The van der Waals surface area contributed by atoms with Crippen LogP contribution in [-0.2, 0) is 14.3 Å². The van der Waals surface area contributed by atoms with Gasteiger partial charge in [-0.05, 0) is 12.8 Å². The van der Waals surface area contributed by atoms with Gasteiger partial charge < -0.3 is 14.7 Å². The van der Waals surface area contributed by atoms with Gasteiger partial charge in [-0.1, -0.05) is 13.8 Å². The molecule has 1 aliphatic rings. The molecule has 0 radical (unpaired) electrons. The first-order valence-electron chi connectivity index (χ1n) is 6.01. The predicted octanol–water partition coefficient (Wildman–Crippen LogP) is 0.981. The smallest absolute Gasteiger partial charge is 0.307 e. The number of piperidine rings is 1. The lowest BCUT2D eigenvalue weighted by molar-refractivity contribution is -0.150. The number of ether oxygens (including phenoxy) is 1. The molecule has 1 aliphatic heterocycles. The minimum absolute atomic E-state index is 0.0818. The molecule has 0 spiro atoms. The van der Waals surface area contributed by atoms with Crippen LogP contribution in [0, 0.1) is 11.8 Å². The zero-order chi connectivity index (χ0) is 13.0. The Labute approximate surface area is 102 Å². The highest BCUT2D eigenvalue weighted by atomic mass is 16.5. The van der Waals surface area contributed by atoms with Crippen LogP contribution < -0.4 is 0 Å². The van der Waals surface area contributed by atoms with Crippen LogP contribution >= 0.6 is 0 Å². The second-order valence-corrected chi connectivity index (χ2v) is 4.70. The Balaban J connectivity index is 2.59. The van der Waals surface area contributed by atoms with Crippen molar-refractivity contribution in [2.45, 2.75) is 32.8 Å². The number of hydrogen-bond acceptors (Lipinski definition) is 3. The van der Waals surface area contributed by atoms with E-state index >= 15 is 0 Å². The van der Waals surface area contributed by atoms with Gasteiger partial charge in [0.05, 0.1) is 12.0 Å². The zero-order valence-corrected chi connectivity index (χ0v) is 10.7. The summed E-state index contributed by atoms with van der Waals surface area (Å²) >= 11 is 0. The molecule has 0 aliphatic carbocycles. The van der Waals surface area contributed by atoms with Gasteiger partial charge in [0.25, 0.3) is 0 Å². The summed E-state index contributed by atoms with van der Waals surface area (Å²) < 4.78 is 5.25. The maximum atomic E-state index is 12.1. The maximum absolute atomic E-state index is 12.1. The number of aliphatic carboxylic acids is 1. The van der Waals surface area contributed by atoms with Crippen LogP contribution in [0.15, 0.2) is 0 Å². The average molecular weight is 243 g/mol. The van der Waals surface area contributed by atoms with Gasteiger partial charge in [0.15, 0.2) is 0 Å². The average Bonchev–Trinajstić information content (AvgIpc) is 2.36. The van der Waals surface area contributed by atoms with Crippen molar-refractivity contribution in [2.24, 2.45) is 11.8 Å². The van der Waals surface area contributed by atoms with E-state index in [1.165, 1.54) is 0 Å². The van der Waals surface area contributed by atoms with E-state index < -0.39 is 17.8 Å². The number of likely N-dealkylation sites (tertiary alicyclic amines) is 1. The quantitative estimate of drug-likeness (QED) is 0.799. The Kier molecular flexibility index (Phi) is 4.93. The minimum Gasteiger partial charge on any atom is -0.481 e. The van der Waals surface area contributed by atoms with Crippen molar-refractivity contribution in [1.29, 1.82) is 0 Å². The van der Waals surface area contributed by atoms with Crippen molar-refractivity contribution in [3.63, 3.8) is 0 Å². The minimum atomic E-state index is -0.925. The third-order valence-electron chi connectivity index (χ3n) is 3.55. The number of methoxy groups -OCH3 is 1. The third kappa shape index (κ3) is 3.43. The van der Waals surface area contributed by atoms with E-state index in [-0.39, 0.29) is 12.0 Å². The fraction of sp³-hybridized carbons (Fsp3) is 0.833. The molecule has 5 nitrogen and oxygen atoms in total. The molecule has 1 amide bonds. The van der Waals surface area contributed by atoms with Crippen LogP contribution in [0.3, 0.4) is 0 Å². The molecular weight excluding hydrogens is 222 g/mol. The molecule has 5 heteroatoms. The second kappa shape index (κ2) is 6.00. The summed E-state index contributed by atoms with van der Waals surface area (Å²) in [6.45, 7) is 4.53. The first kappa shape index (κ1) is 14.0. The highest BCUT2D eigenvalue weighted by molar-refractivity contribution is 5.84. The lowest BCUT2D eigenvalue weighted by atomic mass is 9.93. The molecule has 1 rings (SSSR count). The summed E-state index contributed by atoms with van der Waals surface area (Å²) in [5.74, 6) is -2.14. The van der Waals surface area contributed by atoms with Crippen LogP contribution in [0.2, 0.25) is 0 Å². The molecule has 3 atom stereocenters. The van der Waals surface area contributed by atoms with Crippen molar-refractivity contribution in [1.82, 2.24) is 4.90 Å². The fourth-order valence-electron chi connectivity index (χ4n) is 2.05. The molecular formula is C12H21NO4. The number of rotatable bonds is 4. The molecule has 3 unspecified atom stereocenters. The Morgan fingerprint density at radius 3 is 2.53 bits per heavy atom. The fourth-order valence-corrected chi connectivity index (χ4v) is 2.05. The number of amides is 1. The number of carboxylic acids is 1. The summed E-state index contributed by atoms with van der Waals surface area (Å²) in [5.41, 5.74) is 0. The Morgan fingerprint density at radius 1 is 1.35 bits per heavy atom. The van der Waals surface area contributed by atoms with Crippen molar-refractivity contribution in [2.75, 3.05) is 20.2 Å². The summed E-state index contributed by atoms with van der Waals surface area (Å²) in [7, 11) is 1.64. The molecule has 1 saturated heterocycles. The van der Waals surface area contributed by atoms with Gasteiger partial charge in [0.2, 0.25) is 5.91 Å². The molecule has 0 saturated carbocycles. The first-order valence-corrected chi connectivity index (χ1v) is 6.01. The van der Waals surface area contributed by atoms with Gasteiger partial charge in [-0.15, -0.1) is 0 Å². The Morgan fingerprint density at radius 2 is 2.00 bits per heavy atom. The number of carboxylic acid groups (broad SMARTS) is 1. The molecule has 0 bridgehead atoms. The van der Waals surface area contributed by atoms with Gasteiger partial charge in [0.1, 0.15) is 0 Å². The van der Waals surface area contributed by atoms with E-state index in [2.05, 4.69) is 0 Å². The zero-order valence-electron chi connectivity index (χ0n) is 10.7. The SMILES string of the molecule is COC1CCCN(C(=O)C(C)C(C)C(=O)O)C1. The standard InChI is InChI=1S/C12H21NO4/c1-8(9(2)12(15)16)11(14)13-6-4-5-10(7-13)17-3/h8-10H,4-7H2,1-3H3,(H,15,16). The summed E-state index contributed by atoms with van der Waals surface area (Å²) in [4.78, 5) is 24.7. The Bertz CT molecular complexity index is 292. The van der Waals surface area contributed by atoms with Gasteiger partial charge in [-0.3, -0.25) is 9.59 Å². The van der Waals surface area contributed by atoms with E-state index in [9.17, 15) is 9.59 Å². The van der Waals surface area contributed by atoms with E-state index in [1.54, 1.807) is 25.9 Å². The number of hydrogen-bond donors (Lipinski definition) is 1. The molecule has 1 fully saturated rings. The van der Waals surface area contributed by atoms with Gasteiger partial charge in [0, 0.05) is 26.1 Å². The monoisotopic (exact) mass is 243 g/mol. The van der Waals surface area contributed by atoms with Gasteiger partial charge in [-0.25, -0.2) is 0 Å². The lowest BCUT2D eigenvalue weighted by Gasteiger charge is -2.34. The van der Waals surface area contributed by atoms with Crippen molar-refractivity contribution in [3.8, 4) is 0 Å². The highest BCUT2D eigenvalue weighted by Gasteiger charge is 2.31. The number of carbonyl (C=O) groups excluding carboxylic acids is 1. The summed E-state index contributed by atoms with van der Waals surface area (Å²) in [6, 6.07) is 0. The van der Waals surface area contributed by atoms with Crippen LogP contribution in [0.4, 0.5) is 0 Å². The molecule has 0 aromatic heterocycles. The second-order valence-electron chi connectivity index (χ2n) is 4.70. The molecule has 98 valence electrons. The van der Waals surface area contributed by atoms with Gasteiger partial charge >= 0.3 is 5.97 Å². The van der Waals surface area contributed by atoms with Gasteiger partial charge in [-0.2, -0.15) is 0 Å². The molecule has 0 aromatic carbocycles. The van der Waals surface area contributed by atoms with Crippen molar-refractivity contribution >= 4 is 11.9 Å². The first-order chi connectivity index (χ1) is 7.97. The molecule has 1 heterocycles. The van der Waals surface area contributed by atoms with E-state index in [1.807, 2.05) is 0 Å². The highest BCUT2D eigenvalue weighted by Crippen LogP contribution is 2.19. The topological polar surface area (TPSA) is 66.8 Å². The van der Waals surface area contributed by atoms with Crippen molar-refractivity contribution in [3.05, 3.63) is 0 Å². The summed E-state index contributed by atoms with van der Waals surface area (Å²) in [5, 5.41) is 8.90. The molecule has 1 N–H and O–H groups in total. The number of nitrogens with zero attached hydrogens (tertiary/aromatic N) is 1. The van der Waals surface area contributed by atoms with E-state index in [0.717, 1.165) is 12.8 Å². The third-order valence-corrected chi connectivity index (χ3v) is 3.55. The van der Waals surface area contributed by atoms with E-state index in [4.69, 9.17) is 9.84 Å². The molecule has 17 heavy (non-hydrogen) atoms. The normalized spacial score (nSPS) is 24.2. The molecule has 0 aromatic rings. The van der Waals surface area contributed by atoms with Crippen LogP contribution in [-0.4, -0.2) is 48.2 Å². The summed E-state index contributed by atoms with van der Waals surface area (Å²) in [6.07, 6.45) is 1.96.